The van der Waals surface area contributed by atoms with Crippen molar-refractivity contribution in [2.24, 2.45) is 11.3 Å². The average molecular weight is 378 g/mol. The summed E-state index contributed by atoms with van der Waals surface area (Å²) in [5, 5.41) is 0. The van der Waals surface area contributed by atoms with Crippen molar-refractivity contribution in [2.75, 3.05) is 26.7 Å². The maximum atomic E-state index is 12.6. The SMILES string of the molecule is Cc1sc(=O)n(CCC(=O)N2CCC3(CC2)CC3CN(C)C2CC2)c1C. The molecule has 0 radical (unpaired) electrons. The minimum Gasteiger partial charge on any atom is -0.343 e. The highest BCUT2D eigenvalue weighted by molar-refractivity contribution is 7.09. The van der Waals surface area contributed by atoms with Gasteiger partial charge < -0.3 is 14.4 Å². The molecular weight excluding hydrogens is 346 g/mol. The highest BCUT2D eigenvalue weighted by Gasteiger charge is 2.55. The van der Waals surface area contributed by atoms with E-state index in [9.17, 15) is 9.59 Å². The molecule has 0 aromatic carbocycles. The van der Waals surface area contributed by atoms with E-state index < -0.39 is 0 Å². The Morgan fingerprint density at radius 1 is 1.27 bits per heavy atom. The first kappa shape index (κ1) is 18.2. The summed E-state index contributed by atoms with van der Waals surface area (Å²) < 4.78 is 1.76. The van der Waals surface area contributed by atoms with Gasteiger partial charge in [-0.1, -0.05) is 11.3 Å². The van der Waals surface area contributed by atoms with Crippen molar-refractivity contribution in [2.45, 2.75) is 65.0 Å². The summed E-state index contributed by atoms with van der Waals surface area (Å²) in [7, 11) is 2.28. The van der Waals surface area contributed by atoms with Crippen LogP contribution in [0.2, 0.25) is 0 Å². The third-order valence-corrected chi connectivity index (χ3v) is 8.07. The summed E-state index contributed by atoms with van der Waals surface area (Å²) in [6, 6.07) is 0.849. The first-order chi connectivity index (χ1) is 12.4. The molecule has 2 aliphatic carbocycles. The number of likely N-dealkylation sites (tertiary alicyclic amines) is 1. The van der Waals surface area contributed by atoms with Gasteiger partial charge in [0.05, 0.1) is 0 Å². The van der Waals surface area contributed by atoms with Gasteiger partial charge in [-0.15, -0.1) is 0 Å². The molecule has 2 heterocycles. The predicted molar refractivity (Wildman–Crippen MR) is 105 cm³/mol. The van der Waals surface area contributed by atoms with E-state index in [1.54, 1.807) is 4.57 Å². The monoisotopic (exact) mass is 377 g/mol. The molecule has 1 saturated heterocycles. The molecule has 1 unspecified atom stereocenters. The zero-order valence-corrected chi connectivity index (χ0v) is 17.1. The summed E-state index contributed by atoms with van der Waals surface area (Å²) in [6.07, 6.45) is 6.89. The van der Waals surface area contributed by atoms with Crippen LogP contribution < -0.4 is 4.87 Å². The van der Waals surface area contributed by atoms with Crippen LogP contribution in [-0.2, 0) is 11.3 Å². The van der Waals surface area contributed by atoms with Crippen LogP contribution in [0.4, 0.5) is 0 Å². The Morgan fingerprint density at radius 3 is 2.54 bits per heavy atom. The fourth-order valence-electron chi connectivity index (χ4n) is 4.73. The molecular formula is C20H31N3O2S. The van der Waals surface area contributed by atoms with Crippen LogP contribution in [0, 0.1) is 25.2 Å². The van der Waals surface area contributed by atoms with Crippen LogP contribution in [0.15, 0.2) is 4.79 Å². The summed E-state index contributed by atoms with van der Waals surface area (Å²) >= 11 is 1.28. The smallest absolute Gasteiger partial charge is 0.307 e. The van der Waals surface area contributed by atoms with E-state index >= 15 is 0 Å². The fourth-order valence-corrected chi connectivity index (χ4v) is 5.59. The molecule has 3 aliphatic rings. The molecule has 1 aromatic rings. The Hall–Kier alpha value is -1.14. The third kappa shape index (κ3) is 3.50. The van der Waals surface area contributed by atoms with E-state index in [0.717, 1.165) is 35.6 Å². The molecule has 0 bridgehead atoms. The summed E-state index contributed by atoms with van der Waals surface area (Å²) in [5.41, 5.74) is 1.53. The highest BCUT2D eigenvalue weighted by Crippen LogP contribution is 2.59. The second-order valence-electron chi connectivity index (χ2n) is 8.73. The molecule has 3 fully saturated rings. The van der Waals surface area contributed by atoms with E-state index in [1.807, 2.05) is 18.7 Å². The minimum absolute atomic E-state index is 0.0611. The maximum Gasteiger partial charge on any atom is 0.307 e. The van der Waals surface area contributed by atoms with E-state index in [2.05, 4.69) is 11.9 Å². The average Bonchev–Trinajstić information content (AvgIpc) is 3.52. The summed E-state index contributed by atoms with van der Waals surface area (Å²) in [5.74, 6) is 1.06. The van der Waals surface area contributed by atoms with E-state index in [1.165, 1.54) is 50.0 Å². The number of hydrogen-bond acceptors (Lipinski definition) is 4. The van der Waals surface area contributed by atoms with Crippen LogP contribution in [0.1, 0.15) is 49.1 Å². The van der Waals surface area contributed by atoms with Gasteiger partial charge in [-0.2, -0.15) is 0 Å². The quantitative estimate of drug-likeness (QED) is 0.766. The normalized spacial score (nSPS) is 24.5. The molecule has 5 nitrogen and oxygen atoms in total. The van der Waals surface area contributed by atoms with Gasteiger partial charge in [-0.05, 0) is 64.3 Å². The molecule has 1 spiro atoms. The number of piperidine rings is 1. The summed E-state index contributed by atoms with van der Waals surface area (Å²) in [4.78, 5) is 30.3. The number of carbonyl (C=O) groups is 1. The lowest BCUT2D eigenvalue weighted by Crippen LogP contribution is -2.40. The van der Waals surface area contributed by atoms with Gasteiger partial charge in [0.1, 0.15) is 0 Å². The second-order valence-corrected chi connectivity index (χ2v) is 9.89. The van der Waals surface area contributed by atoms with Gasteiger partial charge in [0.25, 0.3) is 0 Å². The van der Waals surface area contributed by atoms with Gasteiger partial charge in [0, 0.05) is 49.2 Å². The topological polar surface area (TPSA) is 45.6 Å². The van der Waals surface area contributed by atoms with Crippen LogP contribution in [0.25, 0.3) is 0 Å². The molecule has 4 rings (SSSR count). The molecule has 6 heteroatoms. The minimum atomic E-state index is 0.0611. The van der Waals surface area contributed by atoms with Crippen molar-refractivity contribution in [3.8, 4) is 0 Å². The van der Waals surface area contributed by atoms with E-state index in [0.29, 0.717) is 18.4 Å². The standard InChI is InChI=1S/C20H31N3O2S/c1-14-15(2)26-19(25)23(14)9-6-18(24)22-10-7-20(8-11-22)12-16(20)13-21(3)17-4-5-17/h16-17H,4-13H2,1-3H3. The van der Waals surface area contributed by atoms with E-state index in [4.69, 9.17) is 0 Å². The van der Waals surface area contributed by atoms with Crippen molar-refractivity contribution in [3.05, 3.63) is 20.2 Å². The van der Waals surface area contributed by atoms with Gasteiger partial charge in [-0.25, -0.2) is 0 Å². The van der Waals surface area contributed by atoms with Crippen molar-refractivity contribution in [1.82, 2.24) is 14.4 Å². The number of aromatic nitrogens is 1. The van der Waals surface area contributed by atoms with Crippen molar-refractivity contribution < 1.29 is 4.79 Å². The molecule has 1 amide bonds. The number of thiazole rings is 1. The second kappa shape index (κ2) is 6.79. The zero-order valence-electron chi connectivity index (χ0n) is 16.3. The first-order valence-corrected chi connectivity index (χ1v) is 10.9. The van der Waals surface area contributed by atoms with Gasteiger partial charge >= 0.3 is 4.87 Å². The first-order valence-electron chi connectivity index (χ1n) is 10.0. The van der Waals surface area contributed by atoms with Crippen molar-refractivity contribution >= 4 is 17.2 Å². The van der Waals surface area contributed by atoms with Crippen LogP contribution in [0.5, 0.6) is 0 Å². The Balaban J connectivity index is 1.24. The Kier molecular flexibility index (Phi) is 4.76. The van der Waals surface area contributed by atoms with Crippen molar-refractivity contribution in [1.29, 1.82) is 0 Å². The largest absolute Gasteiger partial charge is 0.343 e. The van der Waals surface area contributed by atoms with Gasteiger partial charge in [0.2, 0.25) is 5.91 Å². The molecule has 0 N–H and O–H groups in total. The van der Waals surface area contributed by atoms with Crippen molar-refractivity contribution in [3.63, 3.8) is 0 Å². The van der Waals surface area contributed by atoms with Crippen LogP contribution in [-0.4, -0.2) is 53.0 Å². The number of amides is 1. The molecule has 144 valence electrons. The molecule has 2 saturated carbocycles. The van der Waals surface area contributed by atoms with Gasteiger partial charge in [-0.3, -0.25) is 9.59 Å². The Morgan fingerprint density at radius 2 is 1.96 bits per heavy atom. The molecule has 1 atom stereocenters. The lowest BCUT2D eigenvalue weighted by atomic mass is 9.90. The predicted octanol–water partition coefficient (Wildman–Crippen LogP) is 2.64. The molecule has 1 aromatic heterocycles. The molecule has 1 aliphatic heterocycles. The Bertz CT molecular complexity index is 741. The summed E-state index contributed by atoms with van der Waals surface area (Å²) in [6.45, 7) is 7.51. The highest BCUT2D eigenvalue weighted by atomic mass is 32.1. The number of hydrogen-bond donors (Lipinski definition) is 0. The number of carbonyl (C=O) groups excluding carboxylic acids is 1. The zero-order chi connectivity index (χ0) is 18.5. The lowest BCUT2D eigenvalue weighted by molar-refractivity contribution is -0.133. The number of rotatable bonds is 6. The lowest BCUT2D eigenvalue weighted by Gasteiger charge is -2.33. The maximum absolute atomic E-state index is 12.6. The number of nitrogens with zero attached hydrogens (tertiary/aromatic N) is 3. The van der Waals surface area contributed by atoms with Crippen LogP contribution >= 0.6 is 11.3 Å². The number of aryl methyl sites for hydroxylation is 1. The van der Waals surface area contributed by atoms with Crippen LogP contribution in [0.3, 0.4) is 0 Å². The molecule has 26 heavy (non-hydrogen) atoms. The Labute approximate surface area is 160 Å². The fraction of sp³-hybridized carbons (Fsp3) is 0.800. The van der Waals surface area contributed by atoms with Gasteiger partial charge in [0.15, 0.2) is 0 Å². The van der Waals surface area contributed by atoms with E-state index in [-0.39, 0.29) is 10.8 Å². The third-order valence-electron chi connectivity index (χ3n) is 7.07.